The summed E-state index contributed by atoms with van der Waals surface area (Å²) in [7, 11) is 0. The Kier molecular flexibility index (Phi) is 6.79. The predicted molar refractivity (Wildman–Crippen MR) is 102 cm³/mol. The summed E-state index contributed by atoms with van der Waals surface area (Å²) in [5, 5.41) is 13.4. The van der Waals surface area contributed by atoms with Gasteiger partial charge in [-0.3, -0.25) is 4.79 Å². The number of aliphatic hydroxyl groups excluding tert-OH is 1. The third kappa shape index (κ3) is 5.47. The monoisotopic (exact) mass is 362 g/mol. The Balaban J connectivity index is 1.41. The molecule has 1 atom stereocenters. The third-order valence-electron chi connectivity index (χ3n) is 5.42. The van der Waals surface area contributed by atoms with Crippen LogP contribution < -0.4 is 5.32 Å². The fourth-order valence-corrected chi connectivity index (χ4v) is 4.74. The van der Waals surface area contributed by atoms with Gasteiger partial charge in [0.15, 0.2) is 0 Å². The Labute approximate surface area is 155 Å². The van der Waals surface area contributed by atoms with Crippen molar-refractivity contribution in [1.29, 1.82) is 0 Å². The van der Waals surface area contributed by atoms with Crippen molar-refractivity contribution in [1.82, 2.24) is 9.62 Å². The lowest BCUT2D eigenvalue weighted by Gasteiger charge is -2.33. The maximum atomic E-state index is 12.3. The Hall–Kier alpha value is -1.04. The van der Waals surface area contributed by atoms with E-state index >= 15 is 0 Å². The number of hydrogen-bond donors (Lipinski definition) is 2. The highest BCUT2D eigenvalue weighted by atomic mass is 32.2. The molecule has 1 saturated carbocycles. The van der Waals surface area contributed by atoms with Crippen molar-refractivity contribution in [3.63, 3.8) is 0 Å². The van der Waals surface area contributed by atoms with E-state index in [1.54, 1.807) is 11.9 Å². The van der Waals surface area contributed by atoms with E-state index in [0.29, 0.717) is 0 Å². The van der Waals surface area contributed by atoms with E-state index in [2.05, 4.69) is 40.8 Å². The zero-order valence-corrected chi connectivity index (χ0v) is 15.9. The quantitative estimate of drug-likeness (QED) is 0.787. The minimum atomic E-state index is -0.819. The van der Waals surface area contributed by atoms with Gasteiger partial charge in [-0.05, 0) is 62.6 Å². The van der Waals surface area contributed by atoms with Crippen LogP contribution in [0.3, 0.4) is 0 Å². The van der Waals surface area contributed by atoms with Gasteiger partial charge in [-0.25, -0.2) is 4.31 Å². The van der Waals surface area contributed by atoms with Crippen molar-refractivity contribution < 1.29 is 9.90 Å². The molecule has 2 aliphatic rings. The number of aryl methyl sites for hydroxylation is 1. The van der Waals surface area contributed by atoms with Gasteiger partial charge in [-0.15, -0.1) is 0 Å². The van der Waals surface area contributed by atoms with Crippen molar-refractivity contribution in [2.75, 3.05) is 13.1 Å². The van der Waals surface area contributed by atoms with Gasteiger partial charge in [0.1, 0.15) is 6.10 Å². The lowest BCUT2D eigenvalue weighted by molar-refractivity contribution is -0.133. The largest absolute Gasteiger partial charge is 0.383 e. The highest BCUT2D eigenvalue weighted by molar-refractivity contribution is 7.97. The first kappa shape index (κ1) is 18.7. The normalized spacial score (nSPS) is 21.8. The molecule has 2 fully saturated rings. The summed E-state index contributed by atoms with van der Waals surface area (Å²) in [6.45, 7) is 4.02. The van der Waals surface area contributed by atoms with Gasteiger partial charge in [-0.2, -0.15) is 0 Å². The van der Waals surface area contributed by atoms with Crippen LogP contribution in [-0.4, -0.2) is 40.6 Å². The minimum absolute atomic E-state index is 0.156. The molecule has 1 aromatic carbocycles. The Bertz CT molecular complexity index is 549. The minimum Gasteiger partial charge on any atom is -0.383 e. The van der Waals surface area contributed by atoms with E-state index in [4.69, 9.17) is 0 Å². The molecule has 0 aromatic heterocycles. The number of hydrogen-bond acceptors (Lipinski definition) is 4. The van der Waals surface area contributed by atoms with Crippen LogP contribution >= 0.6 is 11.9 Å². The number of benzene rings is 1. The predicted octanol–water partition coefficient (Wildman–Crippen LogP) is 3.52. The number of aliphatic hydroxyl groups is 1. The van der Waals surface area contributed by atoms with E-state index in [-0.39, 0.29) is 17.9 Å². The summed E-state index contributed by atoms with van der Waals surface area (Å²) < 4.78 is 2.37. The molecule has 4 nitrogen and oxygen atoms in total. The molecular weight excluding hydrogens is 332 g/mol. The molecule has 1 amide bonds. The van der Waals surface area contributed by atoms with Gasteiger partial charge in [0.25, 0.3) is 0 Å². The molecule has 138 valence electrons. The van der Waals surface area contributed by atoms with Crippen molar-refractivity contribution >= 4 is 17.9 Å². The summed E-state index contributed by atoms with van der Waals surface area (Å²) >= 11 is 1.79. The number of nitrogens with one attached hydrogen (secondary N) is 1. The van der Waals surface area contributed by atoms with Crippen LogP contribution in [0.1, 0.15) is 50.5 Å². The van der Waals surface area contributed by atoms with Crippen molar-refractivity contribution in [2.24, 2.45) is 5.92 Å². The number of carbonyl (C=O) groups excluding carboxylic acids is 1. The second kappa shape index (κ2) is 9.06. The topological polar surface area (TPSA) is 52.6 Å². The second-order valence-corrected chi connectivity index (χ2v) is 8.63. The van der Waals surface area contributed by atoms with Crippen LogP contribution in [-0.2, 0) is 4.79 Å². The van der Waals surface area contributed by atoms with Gasteiger partial charge >= 0.3 is 0 Å². The zero-order chi connectivity index (χ0) is 17.6. The van der Waals surface area contributed by atoms with Crippen LogP contribution in [0.5, 0.6) is 0 Å². The standard InChI is InChI=1S/C20H30N2O2S/c1-15-7-9-18(10-8-15)25-22-13-11-17(12-14-22)21-20(24)19(23)16-5-3-2-4-6-16/h7-10,16-17,19,23H,2-6,11-14H2,1H3,(H,21,24). The Morgan fingerprint density at radius 2 is 1.76 bits per heavy atom. The highest BCUT2D eigenvalue weighted by Gasteiger charge is 2.29. The zero-order valence-electron chi connectivity index (χ0n) is 15.1. The first-order valence-corrected chi connectivity index (χ1v) is 10.4. The van der Waals surface area contributed by atoms with Crippen LogP contribution in [0.25, 0.3) is 0 Å². The fourth-order valence-electron chi connectivity index (χ4n) is 3.79. The molecule has 0 bridgehead atoms. The fraction of sp³-hybridized carbons (Fsp3) is 0.650. The molecule has 2 N–H and O–H groups in total. The molecule has 5 heteroatoms. The molecule has 1 saturated heterocycles. The third-order valence-corrected chi connectivity index (χ3v) is 6.53. The average molecular weight is 363 g/mol. The molecule has 1 aliphatic heterocycles. The molecule has 1 unspecified atom stereocenters. The Morgan fingerprint density at radius 1 is 1.12 bits per heavy atom. The maximum Gasteiger partial charge on any atom is 0.249 e. The van der Waals surface area contributed by atoms with Crippen LogP contribution in [0.15, 0.2) is 29.2 Å². The van der Waals surface area contributed by atoms with E-state index in [1.807, 2.05) is 0 Å². The lowest BCUT2D eigenvalue weighted by atomic mass is 9.85. The second-order valence-electron chi connectivity index (χ2n) is 7.46. The van der Waals surface area contributed by atoms with Crippen molar-refractivity contribution in [3.8, 4) is 0 Å². The van der Waals surface area contributed by atoms with Gasteiger partial charge in [0.05, 0.1) is 0 Å². The van der Waals surface area contributed by atoms with Crippen molar-refractivity contribution in [3.05, 3.63) is 29.8 Å². The number of amides is 1. The summed E-state index contributed by atoms with van der Waals surface area (Å²) in [5.74, 6) is 0.00229. The van der Waals surface area contributed by atoms with E-state index in [1.165, 1.54) is 16.9 Å². The first-order chi connectivity index (χ1) is 12.1. The van der Waals surface area contributed by atoms with Crippen LogP contribution in [0.4, 0.5) is 0 Å². The van der Waals surface area contributed by atoms with Crippen molar-refractivity contribution in [2.45, 2.75) is 68.9 Å². The SMILES string of the molecule is Cc1ccc(SN2CCC(NC(=O)C(O)C3CCCCC3)CC2)cc1. The molecular formula is C20H30N2O2S. The molecule has 1 aromatic rings. The molecule has 0 spiro atoms. The lowest BCUT2D eigenvalue weighted by Crippen LogP contribution is -2.48. The summed E-state index contributed by atoms with van der Waals surface area (Å²) in [4.78, 5) is 13.6. The molecule has 1 aliphatic carbocycles. The number of carbonyl (C=O) groups is 1. The van der Waals surface area contributed by atoms with Crippen LogP contribution in [0, 0.1) is 12.8 Å². The van der Waals surface area contributed by atoms with E-state index in [9.17, 15) is 9.90 Å². The Morgan fingerprint density at radius 3 is 2.40 bits per heavy atom. The summed E-state index contributed by atoms with van der Waals surface area (Å²) in [6, 6.07) is 8.80. The highest BCUT2D eigenvalue weighted by Crippen LogP contribution is 2.28. The maximum absolute atomic E-state index is 12.3. The van der Waals surface area contributed by atoms with Gasteiger partial charge in [-0.1, -0.05) is 37.0 Å². The van der Waals surface area contributed by atoms with Crippen LogP contribution in [0.2, 0.25) is 0 Å². The molecule has 1 heterocycles. The van der Waals surface area contributed by atoms with E-state index in [0.717, 1.165) is 51.6 Å². The van der Waals surface area contributed by atoms with Gasteiger partial charge in [0, 0.05) is 24.0 Å². The molecule has 25 heavy (non-hydrogen) atoms. The average Bonchev–Trinajstić information content (AvgIpc) is 2.65. The number of piperidine rings is 1. The molecule has 3 rings (SSSR count). The van der Waals surface area contributed by atoms with Gasteiger partial charge in [0.2, 0.25) is 5.91 Å². The summed E-state index contributed by atoms with van der Waals surface area (Å²) in [6.07, 6.45) is 6.57. The first-order valence-electron chi connectivity index (χ1n) is 9.60. The smallest absolute Gasteiger partial charge is 0.249 e. The molecule has 0 radical (unpaired) electrons. The number of rotatable bonds is 5. The summed E-state index contributed by atoms with van der Waals surface area (Å²) in [5.41, 5.74) is 1.28. The van der Waals surface area contributed by atoms with E-state index < -0.39 is 6.10 Å². The van der Waals surface area contributed by atoms with Gasteiger partial charge < -0.3 is 10.4 Å². The number of nitrogens with zero attached hydrogens (tertiary/aromatic N) is 1.